The minimum absolute atomic E-state index is 0.112. The first-order valence-corrected chi connectivity index (χ1v) is 6.54. The molecule has 5 heteroatoms. The van der Waals surface area contributed by atoms with Crippen LogP contribution >= 0.6 is 0 Å². The molecule has 1 aliphatic rings. The number of benzene rings is 1. The lowest BCUT2D eigenvalue weighted by Gasteiger charge is -2.23. The number of likely N-dealkylation sites (tertiary alicyclic amines) is 1. The third-order valence-electron chi connectivity index (χ3n) is 3.63. The molecule has 2 aromatic rings. The average molecular weight is 273 g/mol. The zero-order valence-electron chi connectivity index (χ0n) is 10.8. The van der Waals surface area contributed by atoms with Gasteiger partial charge in [-0.1, -0.05) is 6.07 Å². The van der Waals surface area contributed by atoms with Crippen LogP contribution in [0.4, 0.5) is 0 Å². The number of amides is 1. The fourth-order valence-corrected chi connectivity index (χ4v) is 2.65. The second-order valence-electron chi connectivity index (χ2n) is 4.85. The van der Waals surface area contributed by atoms with Crippen molar-refractivity contribution in [1.29, 1.82) is 0 Å². The topological polar surface area (TPSA) is 73.9 Å². The number of phenols is 2. The minimum atomic E-state index is -0.373. The number of carbonyl (C=O) groups excluding carboxylic acids is 1. The Morgan fingerprint density at radius 3 is 2.85 bits per heavy atom. The van der Waals surface area contributed by atoms with Gasteiger partial charge in [-0.05, 0) is 37.1 Å². The molecular formula is C15H15NO4. The second kappa shape index (κ2) is 4.92. The molecule has 1 unspecified atom stereocenters. The van der Waals surface area contributed by atoms with E-state index < -0.39 is 0 Å². The van der Waals surface area contributed by atoms with Crippen molar-refractivity contribution in [3.8, 4) is 11.5 Å². The van der Waals surface area contributed by atoms with E-state index in [2.05, 4.69) is 0 Å². The smallest absolute Gasteiger partial charge is 0.258 e. The highest BCUT2D eigenvalue weighted by molar-refractivity contribution is 5.98. The van der Waals surface area contributed by atoms with Gasteiger partial charge in [0.05, 0.1) is 17.9 Å². The minimum Gasteiger partial charge on any atom is -0.504 e. The van der Waals surface area contributed by atoms with E-state index in [1.807, 2.05) is 6.07 Å². The van der Waals surface area contributed by atoms with Crippen LogP contribution in [0.5, 0.6) is 11.5 Å². The Morgan fingerprint density at radius 1 is 1.25 bits per heavy atom. The Morgan fingerprint density at radius 2 is 2.10 bits per heavy atom. The normalized spacial score (nSPS) is 18.4. The molecule has 104 valence electrons. The molecular weight excluding hydrogens is 258 g/mol. The summed E-state index contributed by atoms with van der Waals surface area (Å²) >= 11 is 0. The fraction of sp³-hybridized carbons (Fsp3) is 0.267. The monoisotopic (exact) mass is 273 g/mol. The largest absolute Gasteiger partial charge is 0.504 e. The molecule has 2 heterocycles. The number of carbonyl (C=O) groups is 1. The first kappa shape index (κ1) is 12.6. The summed E-state index contributed by atoms with van der Waals surface area (Å²) in [5.41, 5.74) is 0.114. The maximum Gasteiger partial charge on any atom is 0.258 e. The Labute approximate surface area is 116 Å². The standard InChI is InChI=1S/C15H15NO4/c17-12-6-1-4-10(14(12)18)15(19)16-8-2-5-11(16)13-7-3-9-20-13/h1,3-4,6-7,9,11,17-18H,2,5,8H2. The van der Waals surface area contributed by atoms with Crippen molar-refractivity contribution in [3.05, 3.63) is 47.9 Å². The van der Waals surface area contributed by atoms with Crippen molar-refractivity contribution in [2.45, 2.75) is 18.9 Å². The Bertz CT molecular complexity index is 621. The number of aromatic hydroxyl groups is 2. The Hall–Kier alpha value is -2.43. The van der Waals surface area contributed by atoms with E-state index in [0.29, 0.717) is 6.54 Å². The quantitative estimate of drug-likeness (QED) is 0.825. The maximum absolute atomic E-state index is 12.5. The average Bonchev–Trinajstić information content (AvgIpc) is 3.10. The predicted octanol–water partition coefficient (Wildman–Crippen LogP) is 2.67. The number of phenolic OH excluding ortho intramolecular Hbond substituents is 2. The van der Waals surface area contributed by atoms with Crippen molar-refractivity contribution < 1.29 is 19.4 Å². The van der Waals surface area contributed by atoms with E-state index in [1.54, 1.807) is 23.3 Å². The van der Waals surface area contributed by atoms with Crippen molar-refractivity contribution >= 4 is 5.91 Å². The van der Waals surface area contributed by atoms with Gasteiger partial charge in [-0.2, -0.15) is 0 Å². The zero-order chi connectivity index (χ0) is 14.1. The molecule has 1 amide bonds. The van der Waals surface area contributed by atoms with Crippen LogP contribution in [0.3, 0.4) is 0 Å². The third-order valence-corrected chi connectivity index (χ3v) is 3.63. The summed E-state index contributed by atoms with van der Waals surface area (Å²) in [6, 6.07) is 7.93. The molecule has 1 fully saturated rings. The molecule has 0 aliphatic carbocycles. The highest BCUT2D eigenvalue weighted by Crippen LogP contribution is 2.36. The molecule has 1 saturated heterocycles. The summed E-state index contributed by atoms with van der Waals surface area (Å²) in [5, 5.41) is 19.3. The maximum atomic E-state index is 12.5. The number of hydrogen-bond donors (Lipinski definition) is 2. The van der Waals surface area contributed by atoms with Gasteiger partial charge in [-0.15, -0.1) is 0 Å². The molecule has 1 aromatic carbocycles. The van der Waals surface area contributed by atoms with Crippen molar-refractivity contribution in [2.75, 3.05) is 6.54 Å². The Balaban J connectivity index is 1.92. The van der Waals surface area contributed by atoms with Crippen LogP contribution in [0.1, 0.15) is 35.0 Å². The summed E-state index contributed by atoms with van der Waals surface area (Å²) in [7, 11) is 0. The number of rotatable bonds is 2. The summed E-state index contributed by atoms with van der Waals surface area (Å²) in [4.78, 5) is 14.2. The van der Waals surface area contributed by atoms with Gasteiger partial charge in [-0.3, -0.25) is 4.79 Å². The van der Waals surface area contributed by atoms with Crippen LogP contribution in [0.25, 0.3) is 0 Å². The van der Waals surface area contributed by atoms with Crippen LogP contribution < -0.4 is 0 Å². The summed E-state index contributed by atoms with van der Waals surface area (Å²) in [6.45, 7) is 0.610. The zero-order valence-corrected chi connectivity index (χ0v) is 10.8. The SMILES string of the molecule is O=C(c1cccc(O)c1O)N1CCCC1c1ccco1. The molecule has 1 atom stereocenters. The molecule has 5 nitrogen and oxygen atoms in total. The summed E-state index contributed by atoms with van der Waals surface area (Å²) in [6.07, 6.45) is 3.30. The molecule has 2 N–H and O–H groups in total. The highest BCUT2D eigenvalue weighted by atomic mass is 16.3. The van der Waals surface area contributed by atoms with Crippen molar-refractivity contribution in [2.24, 2.45) is 0 Å². The van der Waals surface area contributed by atoms with E-state index in [0.717, 1.165) is 18.6 Å². The van der Waals surface area contributed by atoms with Gasteiger partial charge in [0.15, 0.2) is 11.5 Å². The lowest BCUT2D eigenvalue weighted by atomic mass is 10.1. The van der Waals surface area contributed by atoms with E-state index in [-0.39, 0.29) is 29.0 Å². The van der Waals surface area contributed by atoms with Gasteiger partial charge in [0.25, 0.3) is 5.91 Å². The van der Waals surface area contributed by atoms with Crippen LogP contribution in [-0.4, -0.2) is 27.6 Å². The second-order valence-corrected chi connectivity index (χ2v) is 4.85. The molecule has 1 aromatic heterocycles. The van der Waals surface area contributed by atoms with E-state index in [9.17, 15) is 15.0 Å². The fourth-order valence-electron chi connectivity index (χ4n) is 2.65. The van der Waals surface area contributed by atoms with Gasteiger partial charge < -0.3 is 19.5 Å². The molecule has 0 bridgehead atoms. The number of para-hydroxylation sites is 1. The predicted molar refractivity (Wildman–Crippen MR) is 71.5 cm³/mol. The number of furan rings is 1. The van der Waals surface area contributed by atoms with Crippen LogP contribution in [-0.2, 0) is 0 Å². The van der Waals surface area contributed by atoms with Gasteiger partial charge >= 0.3 is 0 Å². The number of nitrogens with zero attached hydrogens (tertiary/aromatic N) is 1. The molecule has 1 aliphatic heterocycles. The van der Waals surface area contributed by atoms with E-state index in [4.69, 9.17) is 4.42 Å². The molecule has 0 radical (unpaired) electrons. The molecule has 0 saturated carbocycles. The third kappa shape index (κ3) is 2.01. The van der Waals surface area contributed by atoms with Crippen LogP contribution in [0, 0.1) is 0 Å². The highest BCUT2D eigenvalue weighted by Gasteiger charge is 2.33. The van der Waals surface area contributed by atoms with Crippen molar-refractivity contribution in [3.63, 3.8) is 0 Å². The Kier molecular flexibility index (Phi) is 3.10. The summed E-state index contributed by atoms with van der Waals surface area (Å²) < 4.78 is 5.38. The van der Waals surface area contributed by atoms with E-state index in [1.165, 1.54) is 12.1 Å². The van der Waals surface area contributed by atoms with Crippen LogP contribution in [0.2, 0.25) is 0 Å². The first-order valence-electron chi connectivity index (χ1n) is 6.54. The van der Waals surface area contributed by atoms with E-state index >= 15 is 0 Å². The summed E-state index contributed by atoms with van der Waals surface area (Å²) in [5.74, 6) is -0.208. The first-order chi connectivity index (χ1) is 9.68. The molecule has 0 spiro atoms. The molecule has 3 rings (SSSR count). The van der Waals surface area contributed by atoms with Crippen molar-refractivity contribution in [1.82, 2.24) is 4.90 Å². The van der Waals surface area contributed by atoms with Gasteiger partial charge in [-0.25, -0.2) is 0 Å². The number of hydrogen-bond acceptors (Lipinski definition) is 4. The lowest BCUT2D eigenvalue weighted by molar-refractivity contribution is 0.0716. The van der Waals surface area contributed by atoms with Gasteiger partial charge in [0, 0.05) is 6.54 Å². The van der Waals surface area contributed by atoms with Gasteiger partial charge in [0.2, 0.25) is 0 Å². The lowest BCUT2D eigenvalue weighted by Crippen LogP contribution is -2.30. The molecule has 20 heavy (non-hydrogen) atoms. The van der Waals surface area contributed by atoms with Gasteiger partial charge in [0.1, 0.15) is 5.76 Å². The van der Waals surface area contributed by atoms with Crippen LogP contribution in [0.15, 0.2) is 41.0 Å².